The van der Waals surface area contributed by atoms with Crippen molar-refractivity contribution in [2.24, 2.45) is 0 Å². The van der Waals surface area contributed by atoms with Crippen LogP contribution in [0.15, 0.2) is 66.5 Å². The number of unbranched alkanes of at least 4 members (excludes halogenated alkanes) is 2. The SMILES string of the molecule is CCCCCOc1ccc([C@@H]2C(=C(O)c3ccc(OC)c(F)c3)C(=O)C(=O)N2Cc2ccncc2)c(F)c1. The fourth-order valence-electron chi connectivity index (χ4n) is 4.38. The molecule has 3 aromatic rings. The van der Waals surface area contributed by atoms with E-state index in [4.69, 9.17) is 9.47 Å². The number of ether oxygens (including phenoxy) is 2. The summed E-state index contributed by atoms with van der Waals surface area (Å²) in [5.41, 5.74) is 0.254. The Balaban J connectivity index is 1.79. The van der Waals surface area contributed by atoms with Crippen molar-refractivity contribution in [3.8, 4) is 11.5 Å². The Kier molecular flexibility index (Phi) is 8.35. The van der Waals surface area contributed by atoms with Crippen LogP contribution in [-0.2, 0) is 16.1 Å². The van der Waals surface area contributed by atoms with Gasteiger partial charge in [0, 0.05) is 36.1 Å². The second kappa shape index (κ2) is 11.9. The maximum absolute atomic E-state index is 15.5. The lowest BCUT2D eigenvalue weighted by atomic mass is 9.94. The molecule has 1 aliphatic rings. The van der Waals surface area contributed by atoms with Crippen LogP contribution in [0, 0.1) is 11.6 Å². The van der Waals surface area contributed by atoms with Crippen molar-refractivity contribution >= 4 is 17.4 Å². The summed E-state index contributed by atoms with van der Waals surface area (Å²) < 4.78 is 40.5. The summed E-state index contributed by atoms with van der Waals surface area (Å²) in [6.07, 6.45) is 5.89. The van der Waals surface area contributed by atoms with Gasteiger partial charge in [-0.1, -0.05) is 19.8 Å². The first-order chi connectivity index (χ1) is 18.3. The highest BCUT2D eigenvalue weighted by Gasteiger charge is 2.47. The number of methoxy groups -OCH3 is 1. The van der Waals surface area contributed by atoms with Crippen molar-refractivity contribution in [3.63, 3.8) is 0 Å². The van der Waals surface area contributed by atoms with Gasteiger partial charge in [-0.2, -0.15) is 0 Å². The molecule has 2 heterocycles. The van der Waals surface area contributed by atoms with Gasteiger partial charge in [0.05, 0.1) is 25.3 Å². The molecule has 9 heteroatoms. The first kappa shape index (κ1) is 26.8. The number of aliphatic hydroxyl groups is 1. The van der Waals surface area contributed by atoms with Gasteiger partial charge >= 0.3 is 0 Å². The number of rotatable bonds is 10. The predicted molar refractivity (Wildman–Crippen MR) is 136 cm³/mol. The van der Waals surface area contributed by atoms with Crippen molar-refractivity contribution in [2.45, 2.75) is 38.8 Å². The Labute approximate surface area is 219 Å². The summed E-state index contributed by atoms with van der Waals surface area (Å²) in [5, 5.41) is 11.1. The zero-order valence-electron chi connectivity index (χ0n) is 21.1. The largest absolute Gasteiger partial charge is 0.507 e. The Morgan fingerprint density at radius 1 is 1.03 bits per heavy atom. The Hall–Kier alpha value is -4.27. The average molecular weight is 523 g/mol. The van der Waals surface area contributed by atoms with Crippen LogP contribution in [0.25, 0.3) is 5.76 Å². The summed E-state index contributed by atoms with van der Waals surface area (Å²) in [6.45, 7) is 2.45. The molecule has 0 aliphatic carbocycles. The number of ketones is 1. The van der Waals surface area contributed by atoms with E-state index in [-0.39, 0.29) is 29.0 Å². The first-order valence-corrected chi connectivity index (χ1v) is 12.3. The lowest BCUT2D eigenvalue weighted by Gasteiger charge is -2.26. The topological polar surface area (TPSA) is 89.0 Å². The van der Waals surface area contributed by atoms with E-state index in [1.165, 1.54) is 48.7 Å². The standard InChI is InChI=1S/C29H28F2N2O5/c1-3-4-5-14-38-20-7-8-21(22(30)16-20)26-25(27(34)19-6-9-24(37-2)23(31)15-19)28(35)29(36)33(26)17-18-10-12-32-13-11-18/h6-13,15-16,26,34H,3-5,14,17H2,1-2H3/t26-/m1/s1. The van der Waals surface area contributed by atoms with Crippen LogP contribution in [0.4, 0.5) is 8.78 Å². The van der Waals surface area contributed by atoms with Gasteiger partial charge in [-0.3, -0.25) is 14.6 Å². The number of halogens is 2. The van der Waals surface area contributed by atoms with Gasteiger partial charge in [0.1, 0.15) is 17.3 Å². The molecular weight excluding hydrogens is 494 g/mol. The Morgan fingerprint density at radius 2 is 1.79 bits per heavy atom. The van der Waals surface area contributed by atoms with Gasteiger partial charge in [-0.15, -0.1) is 0 Å². The van der Waals surface area contributed by atoms with Crippen LogP contribution in [0.2, 0.25) is 0 Å². The molecule has 38 heavy (non-hydrogen) atoms. The molecule has 0 bridgehead atoms. The zero-order valence-corrected chi connectivity index (χ0v) is 21.1. The quantitative estimate of drug-likeness (QED) is 0.162. The molecule has 1 aliphatic heterocycles. The first-order valence-electron chi connectivity index (χ1n) is 12.3. The van der Waals surface area contributed by atoms with Gasteiger partial charge in [0.2, 0.25) is 0 Å². The van der Waals surface area contributed by atoms with Crippen molar-refractivity contribution in [3.05, 3.63) is 94.8 Å². The molecule has 1 fully saturated rings. The van der Waals surface area contributed by atoms with Crippen LogP contribution >= 0.6 is 0 Å². The highest BCUT2D eigenvalue weighted by molar-refractivity contribution is 6.46. The number of hydrogen-bond acceptors (Lipinski definition) is 6. The molecule has 4 rings (SSSR count). The number of aromatic nitrogens is 1. The van der Waals surface area contributed by atoms with E-state index in [0.29, 0.717) is 17.9 Å². The molecule has 1 atom stereocenters. The van der Waals surface area contributed by atoms with Crippen molar-refractivity contribution < 1.29 is 33.0 Å². The van der Waals surface area contributed by atoms with Gasteiger partial charge in [0.15, 0.2) is 11.6 Å². The number of hydrogen-bond donors (Lipinski definition) is 1. The number of aliphatic hydroxyl groups excluding tert-OH is 1. The molecule has 0 saturated carbocycles. The molecule has 1 N–H and O–H groups in total. The maximum Gasteiger partial charge on any atom is 0.295 e. The fourth-order valence-corrected chi connectivity index (χ4v) is 4.38. The second-order valence-corrected chi connectivity index (χ2v) is 8.87. The van der Waals surface area contributed by atoms with Crippen LogP contribution in [0.5, 0.6) is 11.5 Å². The minimum atomic E-state index is -1.26. The number of benzene rings is 2. The third-order valence-electron chi connectivity index (χ3n) is 6.35. The molecule has 0 spiro atoms. The number of nitrogens with zero attached hydrogens (tertiary/aromatic N) is 2. The Morgan fingerprint density at radius 3 is 2.45 bits per heavy atom. The van der Waals surface area contributed by atoms with E-state index >= 15 is 4.39 Å². The maximum atomic E-state index is 15.5. The van der Waals surface area contributed by atoms with Crippen LogP contribution < -0.4 is 9.47 Å². The van der Waals surface area contributed by atoms with E-state index in [9.17, 15) is 19.1 Å². The third kappa shape index (κ3) is 5.51. The van der Waals surface area contributed by atoms with Gasteiger partial charge in [0.25, 0.3) is 11.7 Å². The molecule has 1 aromatic heterocycles. The van der Waals surface area contributed by atoms with E-state index < -0.39 is 35.1 Å². The molecule has 1 amide bonds. The highest BCUT2D eigenvalue weighted by atomic mass is 19.1. The third-order valence-corrected chi connectivity index (χ3v) is 6.35. The van der Waals surface area contributed by atoms with E-state index in [1.54, 1.807) is 18.2 Å². The summed E-state index contributed by atoms with van der Waals surface area (Å²) in [6, 6.07) is 9.89. The fraction of sp³-hybridized carbons (Fsp3) is 0.276. The lowest BCUT2D eigenvalue weighted by molar-refractivity contribution is -0.140. The summed E-state index contributed by atoms with van der Waals surface area (Å²) in [4.78, 5) is 31.5. The number of pyridine rings is 1. The summed E-state index contributed by atoms with van der Waals surface area (Å²) in [7, 11) is 1.29. The van der Waals surface area contributed by atoms with Crippen LogP contribution in [-0.4, -0.2) is 40.4 Å². The summed E-state index contributed by atoms with van der Waals surface area (Å²) >= 11 is 0. The highest BCUT2D eigenvalue weighted by Crippen LogP contribution is 2.42. The van der Waals surface area contributed by atoms with E-state index in [1.807, 2.05) is 0 Å². The number of carbonyl (C=O) groups is 2. The zero-order chi connectivity index (χ0) is 27.2. The molecule has 1 saturated heterocycles. The Bertz CT molecular complexity index is 1360. The van der Waals surface area contributed by atoms with Gasteiger partial charge in [-0.25, -0.2) is 8.78 Å². The number of carbonyl (C=O) groups excluding carboxylic acids is 2. The van der Waals surface area contributed by atoms with Crippen molar-refractivity contribution in [2.75, 3.05) is 13.7 Å². The smallest absolute Gasteiger partial charge is 0.295 e. The molecule has 7 nitrogen and oxygen atoms in total. The average Bonchev–Trinajstić information content (AvgIpc) is 3.16. The summed E-state index contributed by atoms with van der Waals surface area (Å²) in [5.74, 6) is -3.76. The monoisotopic (exact) mass is 522 g/mol. The van der Waals surface area contributed by atoms with Gasteiger partial charge < -0.3 is 19.5 Å². The van der Waals surface area contributed by atoms with Crippen LogP contribution in [0.3, 0.4) is 0 Å². The minimum absolute atomic E-state index is 0.00491. The number of amides is 1. The number of likely N-dealkylation sites (tertiary alicyclic amines) is 1. The molecule has 198 valence electrons. The van der Waals surface area contributed by atoms with Crippen molar-refractivity contribution in [1.29, 1.82) is 0 Å². The molecule has 0 radical (unpaired) electrons. The minimum Gasteiger partial charge on any atom is -0.507 e. The second-order valence-electron chi connectivity index (χ2n) is 8.87. The predicted octanol–water partition coefficient (Wildman–Crippen LogP) is 5.56. The lowest BCUT2D eigenvalue weighted by Crippen LogP contribution is -2.29. The molecule has 0 unspecified atom stereocenters. The normalized spacial score (nSPS) is 16.6. The number of Topliss-reactive ketones (excluding diaryl/α,β-unsaturated/α-hetero) is 1. The molecule has 2 aromatic carbocycles. The van der Waals surface area contributed by atoms with Gasteiger partial charge in [-0.05, 0) is 54.4 Å². The van der Waals surface area contributed by atoms with E-state index in [2.05, 4.69) is 11.9 Å². The van der Waals surface area contributed by atoms with Crippen molar-refractivity contribution in [1.82, 2.24) is 9.88 Å². The van der Waals surface area contributed by atoms with E-state index in [0.717, 1.165) is 25.3 Å². The molecular formula is C29H28F2N2O5. The van der Waals surface area contributed by atoms with Crippen LogP contribution in [0.1, 0.15) is 48.9 Å².